The molecule has 11 heteroatoms. The minimum atomic E-state index is -1.75. The number of imide groups is 1. The number of alkyl halides is 3. The first kappa shape index (κ1) is 24.8. The predicted molar refractivity (Wildman–Crippen MR) is 127 cm³/mol. The molecule has 35 heavy (non-hydrogen) atoms. The Morgan fingerprint density at radius 1 is 1.00 bits per heavy atom. The van der Waals surface area contributed by atoms with Gasteiger partial charge in [-0.3, -0.25) is 19.9 Å². The number of carbonyl (C=O) groups excluding carboxylic acids is 3. The Labute approximate surface area is 205 Å². The van der Waals surface area contributed by atoms with Gasteiger partial charge in [0.1, 0.15) is 6.67 Å². The molecule has 1 saturated carbocycles. The Hall–Kier alpha value is -3.27. The van der Waals surface area contributed by atoms with Gasteiger partial charge in [-0.15, -0.1) is 0 Å². The van der Waals surface area contributed by atoms with Crippen molar-refractivity contribution in [2.75, 3.05) is 43.0 Å². The minimum absolute atomic E-state index is 0.118. The van der Waals surface area contributed by atoms with Crippen molar-refractivity contribution >= 4 is 40.9 Å². The van der Waals surface area contributed by atoms with Crippen LogP contribution in [0.5, 0.6) is 0 Å². The molecule has 1 N–H and O–H groups in total. The van der Waals surface area contributed by atoms with E-state index >= 15 is 0 Å². The van der Waals surface area contributed by atoms with Crippen molar-refractivity contribution in [3.05, 3.63) is 47.5 Å². The molecule has 7 nitrogen and oxygen atoms in total. The molecule has 186 valence electrons. The molecule has 0 aromatic heterocycles. The number of nitrogens with zero attached hydrogens (tertiary/aromatic N) is 3. The van der Waals surface area contributed by atoms with E-state index in [1.54, 1.807) is 15.9 Å². The fraction of sp³-hybridized carbons (Fsp3) is 0.375. The summed E-state index contributed by atoms with van der Waals surface area (Å²) in [5, 5.41) is 2.72. The van der Waals surface area contributed by atoms with Crippen LogP contribution < -0.4 is 15.1 Å². The summed E-state index contributed by atoms with van der Waals surface area (Å²) in [6, 6.07) is 12.3. The van der Waals surface area contributed by atoms with Gasteiger partial charge in [-0.1, -0.05) is 35.9 Å². The van der Waals surface area contributed by atoms with Gasteiger partial charge in [-0.25, -0.2) is 22.8 Å². The number of nitrogens with one attached hydrogen (secondary N) is 1. The summed E-state index contributed by atoms with van der Waals surface area (Å²) in [7, 11) is 0. The molecule has 2 aromatic carbocycles. The van der Waals surface area contributed by atoms with Crippen LogP contribution in [-0.2, 0) is 4.79 Å². The fourth-order valence-electron chi connectivity index (χ4n) is 4.56. The minimum Gasteiger partial charge on any atom is -0.319 e. The van der Waals surface area contributed by atoms with Crippen LogP contribution in [-0.4, -0.2) is 61.6 Å². The Balaban J connectivity index is 0.000000917. The van der Waals surface area contributed by atoms with E-state index in [4.69, 9.17) is 11.6 Å². The molecule has 0 unspecified atom stereocenters. The second-order valence-electron chi connectivity index (χ2n) is 8.49. The van der Waals surface area contributed by atoms with E-state index in [1.165, 1.54) is 4.90 Å². The van der Waals surface area contributed by atoms with Gasteiger partial charge >= 0.3 is 12.1 Å². The molecule has 2 heterocycles. The average molecular weight is 509 g/mol. The topological polar surface area (TPSA) is 73.0 Å². The van der Waals surface area contributed by atoms with E-state index < -0.39 is 19.6 Å². The van der Waals surface area contributed by atoms with Crippen molar-refractivity contribution in [2.24, 2.45) is 0 Å². The van der Waals surface area contributed by atoms with Crippen LogP contribution in [0.25, 0.3) is 11.1 Å². The molecule has 2 aliphatic heterocycles. The maximum Gasteiger partial charge on any atom is 0.328 e. The van der Waals surface area contributed by atoms with Crippen LogP contribution in [0.2, 0.25) is 5.02 Å². The van der Waals surface area contributed by atoms with Crippen molar-refractivity contribution in [1.82, 2.24) is 10.2 Å². The van der Waals surface area contributed by atoms with Gasteiger partial charge in [0, 0.05) is 30.8 Å². The van der Waals surface area contributed by atoms with E-state index in [2.05, 4.69) is 5.32 Å². The quantitative estimate of drug-likeness (QED) is 0.612. The molecule has 0 bridgehead atoms. The highest BCUT2D eigenvalue weighted by molar-refractivity contribution is 6.36. The summed E-state index contributed by atoms with van der Waals surface area (Å²) in [5.41, 5.74) is 2.68. The summed E-state index contributed by atoms with van der Waals surface area (Å²) in [6.07, 6.45) is 2.04. The highest BCUT2D eigenvalue weighted by Gasteiger charge is 2.58. The molecule has 1 aliphatic carbocycles. The van der Waals surface area contributed by atoms with Gasteiger partial charge < -0.3 is 4.90 Å². The number of hydrogen-bond acceptors (Lipinski definition) is 3. The number of halogens is 4. The highest BCUT2D eigenvalue weighted by Crippen LogP contribution is 2.49. The van der Waals surface area contributed by atoms with Crippen LogP contribution >= 0.6 is 11.6 Å². The lowest BCUT2D eigenvalue weighted by Crippen LogP contribution is -2.49. The summed E-state index contributed by atoms with van der Waals surface area (Å²) in [6.45, 7) is -1.35. The van der Waals surface area contributed by atoms with Gasteiger partial charge in [-0.2, -0.15) is 0 Å². The van der Waals surface area contributed by atoms with Crippen molar-refractivity contribution in [3.8, 4) is 11.1 Å². The summed E-state index contributed by atoms with van der Waals surface area (Å²) in [4.78, 5) is 41.4. The average Bonchev–Trinajstić information content (AvgIpc) is 3.54. The zero-order chi connectivity index (χ0) is 25.2. The third-order valence-corrected chi connectivity index (χ3v) is 6.76. The second kappa shape index (κ2) is 10.2. The number of hydrogen-bond donors (Lipinski definition) is 1. The zero-order valence-electron chi connectivity index (χ0n) is 18.8. The van der Waals surface area contributed by atoms with Gasteiger partial charge in [0.05, 0.1) is 22.8 Å². The maximum atomic E-state index is 12.8. The molecule has 0 atom stereocenters. The Morgan fingerprint density at radius 3 is 2.29 bits per heavy atom. The van der Waals surface area contributed by atoms with E-state index in [9.17, 15) is 27.6 Å². The van der Waals surface area contributed by atoms with Crippen molar-refractivity contribution in [2.45, 2.75) is 24.8 Å². The summed E-state index contributed by atoms with van der Waals surface area (Å²) in [5.74, 6) is -0.302. The molecular weight excluding hydrogens is 485 g/mol. The molecule has 3 fully saturated rings. The highest BCUT2D eigenvalue weighted by atomic mass is 35.5. The molecule has 0 radical (unpaired) electrons. The molecule has 5 rings (SSSR count). The molecule has 2 saturated heterocycles. The number of urea groups is 2. The zero-order valence-corrected chi connectivity index (χ0v) is 19.5. The molecule has 5 amide bonds. The molecule has 2 aromatic rings. The van der Waals surface area contributed by atoms with Crippen LogP contribution in [0.1, 0.15) is 19.3 Å². The SMILES string of the molecule is FCF.O=C1CCN(c2cccc(-c3ccc(N4C(=O)N(CCF)CC45CC5)cc3)c2Cl)C(=O)N1. The monoisotopic (exact) mass is 508 g/mol. The predicted octanol–water partition coefficient (Wildman–Crippen LogP) is 5.08. The Morgan fingerprint density at radius 2 is 1.69 bits per heavy atom. The van der Waals surface area contributed by atoms with Gasteiger partial charge in [0.2, 0.25) is 12.8 Å². The van der Waals surface area contributed by atoms with Crippen LogP contribution in [0.15, 0.2) is 42.5 Å². The smallest absolute Gasteiger partial charge is 0.319 e. The number of anilines is 2. The largest absolute Gasteiger partial charge is 0.328 e. The first-order valence-corrected chi connectivity index (χ1v) is 11.5. The number of benzene rings is 2. The number of rotatable bonds is 5. The standard InChI is InChI=1S/C23H22ClFN4O3.CH2F2/c24-20-17(2-1-3-18(20)28-12-8-19(30)26-21(28)31)15-4-6-16(7-5-15)29-22(32)27(13-11-25)14-23(29)9-10-23;2-1-3/h1-7H,8-14H2,(H,26,30,31);1H2. The maximum absolute atomic E-state index is 12.8. The lowest BCUT2D eigenvalue weighted by atomic mass is 10.0. The first-order valence-electron chi connectivity index (χ1n) is 11.1. The number of carbonyl (C=O) groups is 3. The third-order valence-electron chi connectivity index (χ3n) is 6.36. The van der Waals surface area contributed by atoms with E-state index in [-0.39, 0.29) is 37.0 Å². The van der Waals surface area contributed by atoms with E-state index in [0.717, 1.165) is 29.7 Å². The Kier molecular flexibility index (Phi) is 7.20. The van der Waals surface area contributed by atoms with Gasteiger partial charge in [0.25, 0.3) is 0 Å². The van der Waals surface area contributed by atoms with Gasteiger partial charge in [-0.05, 0) is 36.6 Å². The molecule has 1 spiro atoms. The van der Waals surface area contributed by atoms with E-state index in [0.29, 0.717) is 17.3 Å². The lowest BCUT2D eigenvalue weighted by Gasteiger charge is -2.28. The summed E-state index contributed by atoms with van der Waals surface area (Å²) >= 11 is 6.66. The van der Waals surface area contributed by atoms with Crippen molar-refractivity contribution in [1.29, 1.82) is 0 Å². The van der Waals surface area contributed by atoms with Crippen molar-refractivity contribution in [3.63, 3.8) is 0 Å². The van der Waals surface area contributed by atoms with Crippen LogP contribution in [0, 0.1) is 0 Å². The number of amides is 5. The second-order valence-corrected chi connectivity index (χ2v) is 8.87. The Bertz CT molecular complexity index is 1130. The van der Waals surface area contributed by atoms with Gasteiger partial charge in [0.15, 0.2) is 0 Å². The summed E-state index contributed by atoms with van der Waals surface area (Å²) < 4.78 is 32.1. The molecular formula is C24H24ClF3N4O3. The third kappa shape index (κ3) is 4.80. The van der Waals surface area contributed by atoms with Crippen molar-refractivity contribution < 1.29 is 27.6 Å². The van der Waals surface area contributed by atoms with Crippen LogP contribution in [0.3, 0.4) is 0 Å². The molecule has 3 aliphatic rings. The first-order chi connectivity index (χ1) is 16.8. The van der Waals surface area contributed by atoms with E-state index in [1.807, 2.05) is 36.4 Å². The van der Waals surface area contributed by atoms with Crippen LogP contribution in [0.4, 0.5) is 34.1 Å². The normalized spacial score (nSPS) is 18.5. The fourth-order valence-corrected chi connectivity index (χ4v) is 4.90. The lowest BCUT2D eigenvalue weighted by molar-refractivity contribution is -0.120.